The summed E-state index contributed by atoms with van der Waals surface area (Å²) < 4.78 is 49.2. The van der Waals surface area contributed by atoms with E-state index in [1.54, 1.807) is 0 Å². The fraction of sp³-hybridized carbons (Fsp3) is 0.312. The molecule has 1 amide bonds. The third kappa shape index (κ3) is 3.28. The molecular formula is C16H11ClF3N3O3S. The number of fused-ring (bicyclic) bond motifs is 1. The van der Waals surface area contributed by atoms with Gasteiger partial charge in [-0.1, -0.05) is 22.8 Å². The van der Waals surface area contributed by atoms with Gasteiger partial charge in [0, 0.05) is 16.6 Å². The number of aromatic nitrogens is 2. The summed E-state index contributed by atoms with van der Waals surface area (Å²) in [5.74, 6) is -0.118. The van der Waals surface area contributed by atoms with Crippen molar-refractivity contribution in [3.05, 3.63) is 45.9 Å². The molecule has 1 fully saturated rings. The Bertz CT molecular complexity index is 990. The van der Waals surface area contributed by atoms with Gasteiger partial charge in [-0.2, -0.15) is 18.2 Å². The molecule has 3 aromatic rings. The molecule has 6 nitrogen and oxygen atoms in total. The number of hydrogen-bond acceptors (Lipinski definition) is 6. The van der Waals surface area contributed by atoms with Gasteiger partial charge in [0.25, 0.3) is 5.91 Å². The lowest BCUT2D eigenvalue weighted by Crippen LogP contribution is -2.43. The van der Waals surface area contributed by atoms with Gasteiger partial charge in [-0.05, 0) is 12.1 Å². The minimum atomic E-state index is -4.47. The minimum absolute atomic E-state index is 0.132. The van der Waals surface area contributed by atoms with E-state index in [9.17, 15) is 18.0 Å². The maximum atomic E-state index is 13.1. The number of ether oxygens (including phenoxy) is 1. The second-order valence-electron chi connectivity index (χ2n) is 5.83. The Hall–Kier alpha value is -2.17. The molecule has 0 saturated carbocycles. The minimum Gasteiger partial charge on any atom is -0.377 e. The zero-order valence-corrected chi connectivity index (χ0v) is 15.1. The first-order valence-electron chi connectivity index (χ1n) is 7.80. The summed E-state index contributed by atoms with van der Waals surface area (Å²) in [7, 11) is 0. The van der Waals surface area contributed by atoms with E-state index in [1.807, 2.05) is 0 Å². The van der Waals surface area contributed by atoms with Crippen LogP contribution in [0.5, 0.6) is 0 Å². The molecule has 1 unspecified atom stereocenters. The number of nitrogens with zero attached hydrogens (tertiary/aromatic N) is 3. The first kappa shape index (κ1) is 18.2. The average Bonchev–Trinajstić information content (AvgIpc) is 3.29. The number of rotatable bonds is 2. The predicted octanol–water partition coefficient (Wildman–Crippen LogP) is 4.17. The number of amides is 1. The van der Waals surface area contributed by atoms with Gasteiger partial charge in [-0.3, -0.25) is 4.79 Å². The molecule has 3 heterocycles. The monoisotopic (exact) mass is 417 g/mol. The van der Waals surface area contributed by atoms with Crippen molar-refractivity contribution in [1.82, 2.24) is 15.0 Å². The fourth-order valence-corrected chi connectivity index (χ4v) is 4.40. The summed E-state index contributed by atoms with van der Waals surface area (Å²) >= 11 is 7.24. The lowest BCUT2D eigenvalue weighted by Gasteiger charge is -2.33. The van der Waals surface area contributed by atoms with Crippen molar-refractivity contribution in [3.63, 3.8) is 0 Å². The van der Waals surface area contributed by atoms with Crippen LogP contribution in [0, 0.1) is 0 Å². The third-order valence-corrected chi connectivity index (χ3v) is 5.86. The Morgan fingerprint density at radius 1 is 1.37 bits per heavy atom. The molecule has 11 heteroatoms. The van der Waals surface area contributed by atoms with Gasteiger partial charge >= 0.3 is 6.18 Å². The second kappa shape index (κ2) is 6.77. The van der Waals surface area contributed by atoms with Crippen LogP contribution in [0.3, 0.4) is 0 Å². The van der Waals surface area contributed by atoms with Gasteiger partial charge in [0.15, 0.2) is 5.82 Å². The number of carbonyl (C=O) groups is 1. The Morgan fingerprint density at radius 2 is 2.19 bits per heavy atom. The second-order valence-corrected chi connectivity index (χ2v) is 7.26. The van der Waals surface area contributed by atoms with Crippen LogP contribution in [0.15, 0.2) is 29.1 Å². The highest BCUT2D eigenvalue weighted by atomic mass is 35.5. The topological polar surface area (TPSA) is 68.5 Å². The molecule has 1 aliphatic heterocycles. The normalized spacial score (nSPS) is 18.2. The van der Waals surface area contributed by atoms with Crippen LogP contribution in [-0.4, -0.2) is 40.7 Å². The van der Waals surface area contributed by atoms with E-state index < -0.39 is 23.7 Å². The van der Waals surface area contributed by atoms with E-state index in [1.165, 1.54) is 11.0 Å². The predicted molar refractivity (Wildman–Crippen MR) is 90.7 cm³/mol. The Balaban J connectivity index is 1.72. The largest absolute Gasteiger partial charge is 0.416 e. The van der Waals surface area contributed by atoms with Gasteiger partial charge < -0.3 is 14.2 Å². The maximum Gasteiger partial charge on any atom is 0.416 e. The van der Waals surface area contributed by atoms with Crippen molar-refractivity contribution >= 4 is 38.9 Å². The van der Waals surface area contributed by atoms with Crippen molar-refractivity contribution in [3.8, 4) is 0 Å². The van der Waals surface area contributed by atoms with Crippen LogP contribution < -0.4 is 0 Å². The molecule has 0 aliphatic carbocycles. The van der Waals surface area contributed by atoms with Crippen LogP contribution in [-0.2, 0) is 10.9 Å². The number of thiophene rings is 1. The third-order valence-electron chi connectivity index (χ3n) is 4.22. The number of hydrogen-bond donors (Lipinski definition) is 0. The summed E-state index contributed by atoms with van der Waals surface area (Å²) in [6, 6.07) is 2.67. The highest BCUT2D eigenvalue weighted by Gasteiger charge is 2.35. The van der Waals surface area contributed by atoms with E-state index in [2.05, 4.69) is 10.1 Å². The van der Waals surface area contributed by atoms with Crippen LogP contribution in [0.4, 0.5) is 13.2 Å². The van der Waals surface area contributed by atoms with Gasteiger partial charge in [-0.15, -0.1) is 11.3 Å². The number of halogens is 4. The Labute approximate surface area is 159 Å². The zero-order chi connectivity index (χ0) is 19.2. The Morgan fingerprint density at radius 3 is 2.89 bits per heavy atom. The maximum absolute atomic E-state index is 13.1. The lowest BCUT2D eigenvalue weighted by molar-refractivity contribution is -0.137. The molecule has 1 aromatic carbocycles. The molecule has 4 rings (SSSR count). The van der Waals surface area contributed by atoms with Gasteiger partial charge in [0.05, 0.1) is 23.8 Å². The molecule has 27 heavy (non-hydrogen) atoms. The quantitative estimate of drug-likeness (QED) is 0.626. The van der Waals surface area contributed by atoms with E-state index in [0.29, 0.717) is 22.5 Å². The summed E-state index contributed by atoms with van der Waals surface area (Å²) in [4.78, 5) is 18.7. The number of morpholine rings is 1. The molecule has 0 N–H and O–H groups in total. The van der Waals surface area contributed by atoms with Crippen LogP contribution >= 0.6 is 22.9 Å². The number of benzene rings is 1. The van der Waals surface area contributed by atoms with E-state index in [4.69, 9.17) is 20.9 Å². The lowest BCUT2D eigenvalue weighted by atomic mass is 10.1. The summed E-state index contributed by atoms with van der Waals surface area (Å²) in [6.45, 7) is 0.781. The van der Waals surface area contributed by atoms with Crippen molar-refractivity contribution in [2.75, 3.05) is 19.8 Å². The summed E-state index contributed by atoms with van der Waals surface area (Å²) in [5.41, 5.74) is -0.789. The molecule has 0 bridgehead atoms. The fourth-order valence-electron chi connectivity index (χ4n) is 2.90. The first-order chi connectivity index (χ1) is 12.9. The highest BCUT2D eigenvalue weighted by Crippen LogP contribution is 2.40. The molecule has 1 saturated heterocycles. The highest BCUT2D eigenvalue weighted by molar-refractivity contribution is 7.21. The molecule has 0 spiro atoms. The van der Waals surface area contributed by atoms with Crippen molar-refractivity contribution in [2.24, 2.45) is 0 Å². The van der Waals surface area contributed by atoms with Crippen LogP contribution in [0.1, 0.15) is 27.1 Å². The molecule has 2 aromatic heterocycles. The molecule has 1 aliphatic rings. The average molecular weight is 418 g/mol. The molecule has 0 radical (unpaired) electrons. The molecular weight excluding hydrogens is 407 g/mol. The Kier molecular flexibility index (Phi) is 4.57. The zero-order valence-electron chi connectivity index (χ0n) is 13.5. The van der Waals surface area contributed by atoms with Crippen LogP contribution in [0.2, 0.25) is 5.02 Å². The SMILES string of the molecule is O=C(c1sc2cc(C(F)(F)F)ccc2c1Cl)N1CCOCC1c1ncon1. The van der Waals surface area contributed by atoms with Crippen molar-refractivity contribution in [2.45, 2.75) is 12.2 Å². The van der Waals surface area contributed by atoms with Gasteiger partial charge in [0.1, 0.15) is 10.9 Å². The summed E-state index contributed by atoms with van der Waals surface area (Å²) in [5, 5.41) is 4.29. The van der Waals surface area contributed by atoms with Crippen molar-refractivity contribution in [1.29, 1.82) is 0 Å². The number of carbonyl (C=O) groups excluding carboxylic acids is 1. The van der Waals surface area contributed by atoms with Crippen LogP contribution in [0.25, 0.3) is 10.1 Å². The first-order valence-corrected chi connectivity index (χ1v) is 9.00. The van der Waals surface area contributed by atoms with Crippen molar-refractivity contribution < 1.29 is 27.2 Å². The van der Waals surface area contributed by atoms with Gasteiger partial charge in [-0.25, -0.2) is 0 Å². The summed E-state index contributed by atoms with van der Waals surface area (Å²) in [6.07, 6.45) is -3.32. The van der Waals surface area contributed by atoms with E-state index >= 15 is 0 Å². The molecule has 142 valence electrons. The number of alkyl halides is 3. The van der Waals surface area contributed by atoms with E-state index in [-0.39, 0.29) is 23.1 Å². The smallest absolute Gasteiger partial charge is 0.377 e. The van der Waals surface area contributed by atoms with E-state index in [0.717, 1.165) is 29.9 Å². The standard InChI is InChI=1S/C16H11ClF3N3O3S/c17-12-9-2-1-8(16(18,19)20)5-11(9)27-13(12)15(24)23-3-4-25-6-10(23)14-21-7-26-22-14/h1-2,5,7,10H,3-4,6H2. The molecule has 1 atom stereocenters. The van der Waals surface area contributed by atoms with Gasteiger partial charge in [0.2, 0.25) is 6.39 Å².